The van der Waals surface area contributed by atoms with Crippen LogP contribution >= 0.6 is 12.2 Å². The molecule has 1 aromatic rings. The highest BCUT2D eigenvalue weighted by molar-refractivity contribution is 7.80. The Balaban J connectivity index is 2.62. The lowest BCUT2D eigenvalue weighted by atomic mass is 10.3. The van der Waals surface area contributed by atoms with Crippen molar-refractivity contribution in [1.82, 2.24) is 5.32 Å². The summed E-state index contributed by atoms with van der Waals surface area (Å²) in [6.45, 7) is 1.81. The van der Waals surface area contributed by atoms with Crippen molar-refractivity contribution < 1.29 is 18.3 Å². The van der Waals surface area contributed by atoms with E-state index in [0.29, 0.717) is 0 Å². The molecule has 0 aromatic heterocycles. The number of hydrogen-bond acceptors (Lipinski definition) is 3. The second-order valence-corrected chi connectivity index (χ2v) is 3.33. The minimum Gasteiger partial charge on any atom is -0.450 e. The minimum atomic E-state index is -0.762. The summed E-state index contributed by atoms with van der Waals surface area (Å²) in [5.41, 5.74) is -0.160. The van der Waals surface area contributed by atoms with Gasteiger partial charge in [-0.15, -0.1) is 0 Å². The number of carbonyl (C=O) groups excluding carboxylic acids is 1. The molecule has 7 heteroatoms. The molecule has 0 radical (unpaired) electrons. The Morgan fingerprint density at radius 1 is 1.47 bits per heavy atom. The predicted molar refractivity (Wildman–Crippen MR) is 62.7 cm³/mol. The van der Waals surface area contributed by atoms with Gasteiger partial charge in [0.2, 0.25) is 0 Å². The molecule has 4 nitrogen and oxygen atoms in total. The average Bonchev–Trinajstić information content (AvgIpc) is 2.23. The molecule has 0 heterocycles. The molecule has 17 heavy (non-hydrogen) atoms. The minimum absolute atomic E-state index is 0.160. The van der Waals surface area contributed by atoms with E-state index in [1.165, 1.54) is 0 Å². The number of rotatable bonds is 2. The van der Waals surface area contributed by atoms with Crippen LogP contribution in [0.4, 0.5) is 19.3 Å². The van der Waals surface area contributed by atoms with E-state index < -0.39 is 17.7 Å². The van der Waals surface area contributed by atoms with Gasteiger partial charge in [0.15, 0.2) is 5.11 Å². The van der Waals surface area contributed by atoms with Crippen LogP contribution in [-0.2, 0) is 4.74 Å². The highest BCUT2D eigenvalue weighted by Crippen LogP contribution is 2.14. The summed E-state index contributed by atoms with van der Waals surface area (Å²) in [4.78, 5) is 11.0. The fraction of sp³-hybridized carbons (Fsp3) is 0.200. The third-order valence-electron chi connectivity index (χ3n) is 1.67. The summed E-state index contributed by atoms with van der Waals surface area (Å²) in [5.74, 6) is -1.30. The Kier molecular flexibility index (Phi) is 4.77. The molecular weight excluding hydrogens is 250 g/mol. The van der Waals surface area contributed by atoms with Crippen LogP contribution in [0.3, 0.4) is 0 Å². The molecule has 0 bridgehead atoms. The van der Waals surface area contributed by atoms with Crippen molar-refractivity contribution in [1.29, 1.82) is 0 Å². The third kappa shape index (κ3) is 4.31. The molecule has 1 aromatic carbocycles. The summed E-state index contributed by atoms with van der Waals surface area (Å²) in [6.07, 6.45) is -0.762. The number of hydrogen-bond donors (Lipinski definition) is 2. The normalized spacial score (nSPS) is 9.59. The Morgan fingerprint density at radius 2 is 2.18 bits per heavy atom. The fourth-order valence-electron chi connectivity index (χ4n) is 1.01. The first kappa shape index (κ1) is 13.3. The molecule has 0 spiro atoms. The third-order valence-corrected chi connectivity index (χ3v) is 1.87. The van der Waals surface area contributed by atoms with E-state index in [9.17, 15) is 13.6 Å². The van der Waals surface area contributed by atoms with Gasteiger partial charge in [-0.1, -0.05) is 0 Å². The van der Waals surface area contributed by atoms with Gasteiger partial charge in [-0.3, -0.25) is 5.32 Å². The van der Waals surface area contributed by atoms with Gasteiger partial charge < -0.3 is 10.1 Å². The van der Waals surface area contributed by atoms with E-state index in [0.717, 1.165) is 18.2 Å². The summed E-state index contributed by atoms with van der Waals surface area (Å²) in [6, 6.07) is 2.85. The lowest BCUT2D eigenvalue weighted by molar-refractivity contribution is 0.158. The molecule has 0 atom stereocenters. The monoisotopic (exact) mass is 260 g/mol. The predicted octanol–water partition coefficient (Wildman–Crippen LogP) is 2.41. The number of carbonyl (C=O) groups is 1. The molecule has 0 unspecified atom stereocenters. The molecule has 0 saturated carbocycles. The van der Waals surface area contributed by atoms with E-state index >= 15 is 0 Å². The van der Waals surface area contributed by atoms with Crippen LogP contribution in [0.5, 0.6) is 0 Å². The maximum Gasteiger partial charge on any atom is 0.413 e. The first-order chi connectivity index (χ1) is 8.02. The van der Waals surface area contributed by atoms with Crippen LogP contribution in [0.1, 0.15) is 6.92 Å². The smallest absolute Gasteiger partial charge is 0.413 e. The standard InChI is InChI=1S/C10H10F2N2O2S/c1-2-16-10(15)14-9(17)13-8-5-6(11)3-4-7(8)12/h3-5H,2H2,1H3,(H2,13,14,15,17). The first-order valence-electron chi connectivity index (χ1n) is 4.72. The van der Waals surface area contributed by atoms with Crippen LogP contribution in [0, 0.1) is 11.6 Å². The van der Waals surface area contributed by atoms with E-state index in [1.54, 1.807) is 6.92 Å². The fourth-order valence-corrected chi connectivity index (χ4v) is 1.20. The maximum atomic E-state index is 13.2. The van der Waals surface area contributed by atoms with Crippen molar-refractivity contribution in [2.75, 3.05) is 11.9 Å². The summed E-state index contributed by atoms with van der Waals surface area (Å²) in [7, 11) is 0. The SMILES string of the molecule is CCOC(=O)NC(=S)Nc1cc(F)ccc1F. The maximum absolute atomic E-state index is 13.2. The van der Waals surface area contributed by atoms with Gasteiger partial charge in [0, 0.05) is 6.07 Å². The van der Waals surface area contributed by atoms with E-state index in [-0.39, 0.29) is 17.4 Å². The molecule has 0 aliphatic rings. The number of thiocarbonyl (C=S) groups is 1. The molecule has 1 amide bonds. The number of ether oxygens (including phenoxy) is 1. The molecule has 0 fully saturated rings. The molecule has 0 aliphatic heterocycles. The van der Waals surface area contributed by atoms with Crippen molar-refractivity contribution in [2.24, 2.45) is 0 Å². The molecule has 0 saturated heterocycles. The first-order valence-corrected chi connectivity index (χ1v) is 5.13. The number of benzene rings is 1. The zero-order chi connectivity index (χ0) is 12.8. The Hall–Kier alpha value is -1.76. The van der Waals surface area contributed by atoms with E-state index in [4.69, 9.17) is 12.2 Å². The Bertz CT molecular complexity index is 440. The summed E-state index contributed by atoms with van der Waals surface area (Å²) < 4.78 is 30.6. The zero-order valence-electron chi connectivity index (χ0n) is 8.92. The van der Waals surface area contributed by atoms with Gasteiger partial charge in [0.25, 0.3) is 0 Å². The van der Waals surface area contributed by atoms with Crippen molar-refractivity contribution in [3.63, 3.8) is 0 Å². The average molecular weight is 260 g/mol. The van der Waals surface area contributed by atoms with Crippen molar-refractivity contribution >= 4 is 29.1 Å². The largest absolute Gasteiger partial charge is 0.450 e. The lowest BCUT2D eigenvalue weighted by Gasteiger charge is -2.09. The number of halogens is 2. The van der Waals surface area contributed by atoms with Crippen LogP contribution in [0.15, 0.2) is 18.2 Å². The van der Waals surface area contributed by atoms with Crippen molar-refractivity contribution in [3.8, 4) is 0 Å². The summed E-state index contributed by atoms with van der Waals surface area (Å²) in [5, 5.41) is 4.32. The Morgan fingerprint density at radius 3 is 2.82 bits per heavy atom. The van der Waals surface area contributed by atoms with Gasteiger partial charge in [0.1, 0.15) is 11.6 Å². The van der Waals surface area contributed by atoms with Crippen LogP contribution < -0.4 is 10.6 Å². The number of alkyl carbamates (subject to hydrolysis) is 1. The van der Waals surface area contributed by atoms with Gasteiger partial charge >= 0.3 is 6.09 Å². The number of nitrogens with one attached hydrogen (secondary N) is 2. The second-order valence-electron chi connectivity index (χ2n) is 2.92. The van der Waals surface area contributed by atoms with Crippen LogP contribution in [0.25, 0.3) is 0 Å². The molecule has 92 valence electrons. The van der Waals surface area contributed by atoms with Gasteiger partial charge in [-0.25, -0.2) is 13.6 Å². The van der Waals surface area contributed by atoms with Gasteiger partial charge in [0.05, 0.1) is 12.3 Å². The number of anilines is 1. The summed E-state index contributed by atoms with van der Waals surface area (Å²) >= 11 is 4.72. The Labute approximate surface area is 102 Å². The molecule has 1 rings (SSSR count). The highest BCUT2D eigenvalue weighted by atomic mass is 32.1. The van der Waals surface area contributed by atoms with Gasteiger partial charge in [-0.05, 0) is 31.3 Å². The molecule has 0 aliphatic carbocycles. The van der Waals surface area contributed by atoms with Crippen LogP contribution in [-0.4, -0.2) is 17.8 Å². The highest BCUT2D eigenvalue weighted by Gasteiger charge is 2.08. The van der Waals surface area contributed by atoms with Crippen molar-refractivity contribution in [2.45, 2.75) is 6.92 Å². The second kappa shape index (κ2) is 6.09. The van der Waals surface area contributed by atoms with E-state index in [2.05, 4.69) is 15.4 Å². The van der Waals surface area contributed by atoms with E-state index in [1.807, 2.05) is 0 Å². The number of amides is 1. The quantitative estimate of drug-likeness (QED) is 0.802. The molecular formula is C10H10F2N2O2S. The zero-order valence-corrected chi connectivity index (χ0v) is 9.74. The van der Waals surface area contributed by atoms with Crippen LogP contribution in [0.2, 0.25) is 0 Å². The topological polar surface area (TPSA) is 50.4 Å². The lowest BCUT2D eigenvalue weighted by Crippen LogP contribution is -2.34. The van der Waals surface area contributed by atoms with Gasteiger partial charge in [-0.2, -0.15) is 0 Å². The van der Waals surface area contributed by atoms with Crippen molar-refractivity contribution in [3.05, 3.63) is 29.8 Å². The molecule has 2 N–H and O–H groups in total.